The predicted molar refractivity (Wildman–Crippen MR) is 96.3 cm³/mol. The number of hydrogen-bond acceptors (Lipinski definition) is 2. The minimum absolute atomic E-state index is 0.176. The quantitative estimate of drug-likeness (QED) is 0.685. The number of benzene rings is 2. The van der Waals surface area contributed by atoms with Gasteiger partial charge in [0, 0.05) is 11.6 Å². The third kappa shape index (κ3) is 3.54. The highest BCUT2D eigenvalue weighted by Crippen LogP contribution is 2.32. The molecule has 2 N–H and O–H groups in total. The molecule has 140 valence electrons. The number of fused-ring (bicyclic) bond motifs is 1. The van der Waals surface area contributed by atoms with Crippen LogP contribution < -0.4 is 5.32 Å². The molecule has 0 atom stereocenters. The van der Waals surface area contributed by atoms with Crippen LogP contribution in [0.25, 0.3) is 22.4 Å². The molecular formula is C20H18F3N3O. The second kappa shape index (κ2) is 6.72. The molecule has 0 radical (unpaired) electrons. The van der Waals surface area contributed by atoms with Crippen LogP contribution in [-0.4, -0.2) is 21.9 Å². The number of amides is 1. The van der Waals surface area contributed by atoms with E-state index < -0.39 is 11.7 Å². The Morgan fingerprint density at radius 2 is 1.85 bits per heavy atom. The van der Waals surface area contributed by atoms with Crippen LogP contribution in [0.2, 0.25) is 0 Å². The average Bonchev–Trinajstić information content (AvgIpc) is 3.30. The lowest BCUT2D eigenvalue weighted by Crippen LogP contribution is -2.32. The number of rotatable bonds is 3. The summed E-state index contributed by atoms with van der Waals surface area (Å²) in [5, 5.41) is 3.02. The SMILES string of the molecule is O=C(NC1CCCC1)c1cccc2[nH]c(-c3cccc(C(F)(F)F)c3)nc12. The number of nitrogens with zero attached hydrogens (tertiary/aromatic N) is 1. The summed E-state index contributed by atoms with van der Waals surface area (Å²) in [5.74, 6) is 0.104. The number of nitrogens with one attached hydrogen (secondary N) is 2. The lowest BCUT2D eigenvalue weighted by Gasteiger charge is -2.11. The standard InChI is InChI=1S/C20H18F3N3O/c21-20(22,23)13-6-3-5-12(11-13)18-25-16-10-4-9-15(17(16)26-18)19(27)24-14-7-1-2-8-14/h3-6,9-11,14H,1-2,7-8H2,(H,24,27)(H,25,26). The summed E-state index contributed by atoms with van der Waals surface area (Å²) in [6.45, 7) is 0. The van der Waals surface area contributed by atoms with Crippen molar-refractivity contribution in [1.82, 2.24) is 15.3 Å². The van der Waals surface area contributed by atoms with Gasteiger partial charge in [-0.2, -0.15) is 13.2 Å². The van der Waals surface area contributed by atoms with Crippen molar-refractivity contribution in [1.29, 1.82) is 0 Å². The Labute approximate surface area is 153 Å². The first-order valence-electron chi connectivity index (χ1n) is 8.89. The molecular weight excluding hydrogens is 355 g/mol. The molecule has 0 unspecified atom stereocenters. The Morgan fingerprint density at radius 3 is 2.59 bits per heavy atom. The van der Waals surface area contributed by atoms with Gasteiger partial charge in [0.25, 0.3) is 5.91 Å². The molecule has 1 aliphatic rings. The first-order valence-corrected chi connectivity index (χ1v) is 8.89. The number of imidazole rings is 1. The second-order valence-electron chi connectivity index (χ2n) is 6.82. The Morgan fingerprint density at radius 1 is 1.11 bits per heavy atom. The molecule has 27 heavy (non-hydrogen) atoms. The number of hydrogen-bond donors (Lipinski definition) is 2. The summed E-state index contributed by atoms with van der Waals surface area (Å²) in [4.78, 5) is 20.1. The smallest absolute Gasteiger partial charge is 0.349 e. The molecule has 7 heteroatoms. The summed E-state index contributed by atoms with van der Waals surface area (Å²) < 4.78 is 38.9. The second-order valence-corrected chi connectivity index (χ2v) is 6.82. The molecule has 1 aliphatic carbocycles. The molecule has 0 spiro atoms. The van der Waals surface area contributed by atoms with Gasteiger partial charge in [-0.3, -0.25) is 4.79 Å². The molecule has 1 amide bonds. The summed E-state index contributed by atoms with van der Waals surface area (Å²) in [6.07, 6.45) is -0.265. The van der Waals surface area contributed by atoms with Crippen molar-refractivity contribution >= 4 is 16.9 Å². The third-order valence-electron chi connectivity index (χ3n) is 4.91. The molecule has 0 bridgehead atoms. The van der Waals surface area contributed by atoms with Gasteiger partial charge in [0.2, 0.25) is 0 Å². The molecule has 3 aromatic rings. The Kier molecular flexibility index (Phi) is 4.37. The lowest BCUT2D eigenvalue weighted by molar-refractivity contribution is -0.137. The van der Waals surface area contributed by atoms with Crippen molar-refractivity contribution in [3.05, 3.63) is 53.6 Å². The average molecular weight is 373 g/mol. The Hall–Kier alpha value is -2.83. The zero-order valence-electron chi connectivity index (χ0n) is 14.4. The van der Waals surface area contributed by atoms with Crippen molar-refractivity contribution in [2.45, 2.75) is 37.9 Å². The van der Waals surface area contributed by atoms with E-state index in [9.17, 15) is 18.0 Å². The highest BCUT2D eigenvalue weighted by molar-refractivity contribution is 6.05. The van der Waals surface area contributed by atoms with E-state index in [0.717, 1.165) is 37.8 Å². The molecule has 1 aromatic heterocycles. The van der Waals surface area contributed by atoms with Gasteiger partial charge in [-0.15, -0.1) is 0 Å². The summed E-state index contributed by atoms with van der Waals surface area (Å²) in [5.41, 5.74) is 1.08. The number of aromatic nitrogens is 2. The van der Waals surface area contributed by atoms with E-state index in [-0.39, 0.29) is 11.9 Å². The van der Waals surface area contributed by atoms with Crippen LogP contribution in [0.3, 0.4) is 0 Å². The van der Waals surface area contributed by atoms with E-state index in [1.165, 1.54) is 6.07 Å². The van der Waals surface area contributed by atoms with Gasteiger partial charge in [0.05, 0.1) is 16.6 Å². The maximum atomic E-state index is 13.0. The van der Waals surface area contributed by atoms with E-state index in [1.807, 2.05) is 0 Å². The number of para-hydroxylation sites is 1. The lowest BCUT2D eigenvalue weighted by atomic mass is 10.1. The molecule has 4 rings (SSSR count). The topological polar surface area (TPSA) is 57.8 Å². The fourth-order valence-electron chi connectivity index (χ4n) is 3.53. The molecule has 0 aliphatic heterocycles. The zero-order chi connectivity index (χ0) is 19.0. The fourth-order valence-corrected chi connectivity index (χ4v) is 3.53. The van der Waals surface area contributed by atoms with Crippen molar-refractivity contribution in [2.24, 2.45) is 0 Å². The van der Waals surface area contributed by atoms with Crippen LogP contribution in [0.5, 0.6) is 0 Å². The first kappa shape index (κ1) is 17.6. The Bertz CT molecular complexity index is 988. The third-order valence-corrected chi connectivity index (χ3v) is 4.91. The van der Waals surface area contributed by atoms with Gasteiger partial charge in [-0.1, -0.05) is 31.0 Å². The van der Waals surface area contributed by atoms with Crippen LogP contribution in [0.1, 0.15) is 41.6 Å². The molecule has 1 heterocycles. The Balaban J connectivity index is 1.70. The van der Waals surface area contributed by atoms with E-state index in [1.54, 1.807) is 24.3 Å². The van der Waals surface area contributed by atoms with Gasteiger partial charge < -0.3 is 10.3 Å². The van der Waals surface area contributed by atoms with Gasteiger partial charge in [-0.05, 0) is 37.1 Å². The zero-order valence-corrected chi connectivity index (χ0v) is 14.4. The summed E-state index contributed by atoms with van der Waals surface area (Å²) in [7, 11) is 0. The van der Waals surface area contributed by atoms with Gasteiger partial charge in [0.15, 0.2) is 0 Å². The minimum Gasteiger partial charge on any atom is -0.349 e. The van der Waals surface area contributed by atoms with Gasteiger partial charge in [-0.25, -0.2) is 4.98 Å². The predicted octanol–water partition coefficient (Wildman–Crippen LogP) is 4.92. The summed E-state index contributed by atoms with van der Waals surface area (Å²) >= 11 is 0. The number of alkyl halides is 3. The van der Waals surface area contributed by atoms with Gasteiger partial charge in [0.1, 0.15) is 11.3 Å². The largest absolute Gasteiger partial charge is 0.416 e. The number of carbonyl (C=O) groups excluding carboxylic acids is 1. The van der Waals surface area contributed by atoms with Crippen LogP contribution in [0.4, 0.5) is 13.2 Å². The minimum atomic E-state index is -4.42. The number of H-pyrrole nitrogens is 1. The van der Waals surface area contributed by atoms with Crippen LogP contribution in [0, 0.1) is 0 Å². The maximum absolute atomic E-state index is 13.0. The first-order chi connectivity index (χ1) is 12.9. The van der Waals surface area contributed by atoms with Crippen LogP contribution in [-0.2, 0) is 6.18 Å². The van der Waals surface area contributed by atoms with Gasteiger partial charge >= 0.3 is 6.18 Å². The summed E-state index contributed by atoms with van der Waals surface area (Å²) in [6, 6.07) is 10.3. The molecule has 1 saturated carbocycles. The van der Waals surface area contributed by atoms with Crippen molar-refractivity contribution in [3.8, 4) is 11.4 Å². The number of carbonyl (C=O) groups is 1. The molecule has 0 saturated heterocycles. The van der Waals surface area contributed by atoms with Crippen LogP contribution in [0.15, 0.2) is 42.5 Å². The molecule has 2 aromatic carbocycles. The monoisotopic (exact) mass is 373 g/mol. The molecule has 4 nitrogen and oxygen atoms in total. The van der Waals surface area contributed by atoms with E-state index in [0.29, 0.717) is 28.0 Å². The van der Waals surface area contributed by atoms with Crippen LogP contribution >= 0.6 is 0 Å². The number of aromatic amines is 1. The highest BCUT2D eigenvalue weighted by atomic mass is 19.4. The van der Waals surface area contributed by atoms with Crippen molar-refractivity contribution in [3.63, 3.8) is 0 Å². The highest BCUT2D eigenvalue weighted by Gasteiger charge is 2.30. The van der Waals surface area contributed by atoms with E-state index >= 15 is 0 Å². The fraction of sp³-hybridized carbons (Fsp3) is 0.300. The number of halogens is 3. The van der Waals surface area contributed by atoms with Crippen molar-refractivity contribution < 1.29 is 18.0 Å². The van der Waals surface area contributed by atoms with E-state index in [4.69, 9.17) is 0 Å². The van der Waals surface area contributed by atoms with Crippen molar-refractivity contribution in [2.75, 3.05) is 0 Å². The molecule has 1 fully saturated rings. The normalized spacial score (nSPS) is 15.4. The van der Waals surface area contributed by atoms with E-state index in [2.05, 4.69) is 15.3 Å². The maximum Gasteiger partial charge on any atom is 0.416 e.